The van der Waals surface area contributed by atoms with Crippen LogP contribution < -0.4 is 10.6 Å². The van der Waals surface area contributed by atoms with Gasteiger partial charge in [-0.3, -0.25) is 4.79 Å². The van der Waals surface area contributed by atoms with Gasteiger partial charge in [-0.2, -0.15) is 0 Å². The third-order valence-corrected chi connectivity index (χ3v) is 4.25. The van der Waals surface area contributed by atoms with E-state index < -0.39 is 0 Å². The van der Waals surface area contributed by atoms with E-state index in [4.69, 9.17) is 0 Å². The molecule has 5 nitrogen and oxygen atoms in total. The number of para-hydroxylation sites is 1. The highest BCUT2D eigenvalue weighted by molar-refractivity contribution is 9.10. The van der Waals surface area contributed by atoms with E-state index >= 15 is 0 Å². The summed E-state index contributed by atoms with van der Waals surface area (Å²) in [5.41, 5.74) is 4.47. The van der Waals surface area contributed by atoms with Gasteiger partial charge in [-0.15, -0.1) is 0 Å². The van der Waals surface area contributed by atoms with Crippen LogP contribution in [0.25, 0.3) is 5.57 Å². The van der Waals surface area contributed by atoms with Crippen molar-refractivity contribution in [2.24, 2.45) is 5.16 Å². The van der Waals surface area contributed by atoms with Gasteiger partial charge in [0.25, 0.3) is 5.91 Å². The molecule has 0 unspecified atom stereocenters. The van der Waals surface area contributed by atoms with Gasteiger partial charge >= 0.3 is 0 Å². The molecule has 0 saturated carbocycles. The summed E-state index contributed by atoms with van der Waals surface area (Å²) >= 11 is 3.39. The number of nitrogens with zero attached hydrogens (tertiary/aromatic N) is 1. The Hall–Kier alpha value is -2.60. The quantitative estimate of drug-likeness (QED) is 0.385. The molecule has 2 aromatic carbocycles. The van der Waals surface area contributed by atoms with Crippen LogP contribution in [-0.4, -0.2) is 16.8 Å². The van der Waals surface area contributed by atoms with Crippen molar-refractivity contribution in [3.63, 3.8) is 0 Å². The molecule has 0 bridgehead atoms. The van der Waals surface area contributed by atoms with Gasteiger partial charge in [-0.25, -0.2) is 0 Å². The van der Waals surface area contributed by atoms with E-state index in [2.05, 4.69) is 31.7 Å². The number of allylic oxidation sites excluding steroid dienone is 1. The van der Waals surface area contributed by atoms with Crippen LogP contribution in [0.4, 0.5) is 11.4 Å². The van der Waals surface area contributed by atoms with Gasteiger partial charge < -0.3 is 15.8 Å². The number of nitrogens with one attached hydrogen (secondary N) is 2. The van der Waals surface area contributed by atoms with Crippen LogP contribution in [0, 0.1) is 0 Å². The van der Waals surface area contributed by atoms with Crippen molar-refractivity contribution in [1.29, 1.82) is 0 Å². The molecule has 0 aliphatic carbocycles. The van der Waals surface area contributed by atoms with Crippen LogP contribution in [0.2, 0.25) is 0 Å². The van der Waals surface area contributed by atoms with E-state index in [1.54, 1.807) is 0 Å². The molecular weight excluding hydrogens is 346 g/mol. The lowest BCUT2D eigenvalue weighted by molar-refractivity contribution is -0.110. The number of hydrogen-bond acceptors (Lipinski definition) is 4. The fourth-order valence-corrected chi connectivity index (χ4v) is 3.17. The summed E-state index contributed by atoms with van der Waals surface area (Å²) in [4.78, 5) is 12.4. The van der Waals surface area contributed by atoms with Crippen LogP contribution >= 0.6 is 15.9 Å². The van der Waals surface area contributed by atoms with E-state index in [-0.39, 0.29) is 5.91 Å². The van der Waals surface area contributed by atoms with Crippen molar-refractivity contribution in [1.82, 2.24) is 0 Å². The van der Waals surface area contributed by atoms with Crippen LogP contribution in [0.15, 0.2) is 57.8 Å². The zero-order valence-corrected chi connectivity index (χ0v) is 12.8. The number of halogens is 1. The molecule has 0 atom stereocenters. The normalized spacial score (nSPS) is 20.6. The van der Waals surface area contributed by atoms with Gasteiger partial charge in [-0.05, 0) is 18.2 Å². The van der Waals surface area contributed by atoms with E-state index in [0.29, 0.717) is 17.0 Å². The Morgan fingerprint density at radius 2 is 1.82 bits per heavy atom. The summed E-state index contributed by atoms with van der Waals surface area (Å²) in [7, 11) is 0. The molecule has 0 spiro atoms. The summed E-state index contributed by atoms with van der Waals surface area (Å²) < 4.78 is 0.886. The highest BCUT2D eigenvalue weighted by atomic mass is 79.9. The van der Waals surface area contributed by atoms with Gasteiger partial charge in [0.05, 0.1) is 17.0 Å². The maximum absolute atomic E-state index is 12.4. The van der Waals surface area contributed by atoms with Crippen molar-refractivity contribution >= 4 is 44.5 Å². The maximum Gasteiger partial charge on any atom is 0.258 e. The molecule has 2 aliphatic rings. The average molecular weight is 356 g/mol. The molecule has 1 amide bonds. The smallest absolute Gasteiger partial charge is 0.258 e. The Balaban J connectivity index is 1.96. The number of rotatable bonds is 0. The first-order chi connectivity index (χ1) is 10.7. The van der Waals surface area contributed by atoms with E-state index in [1.807, 2.05) is 42.5 Å². The van der Waals surface area contributed by atoms with Gasteiger partial charge in [0.15, 0.2) is 0 Å². The predicted molar refractivity (Wildman–Crippen MR) is 88.1 cm³/mol. The van der Waals surface area contributed by atoms with Crippen LogP contribution in [-0.2, 0) is 4.79 Å². The van der Waals surface area contributed by atoms with Gasteiger partial charge in [0.2, 0.25) is 0 Å². The number of amides is 1. The second-order valence-corrected chi connectivity index (χ2v) is 5.93. The molecular formula is C16H10BrN3O2. The molecule has 2 heterocycles. The minimum Gasteiger partial charge on any atom is -0.410 e. The first-order valence-corrected chi connectivity index (χ1v) is 7.43. The fourth-order valence-electron chi connectivity index (χ4n) is 2.81. The number of anilines is 2. The Kier molecular flexibility index (Phi) is 2.80. The number of oxime groups is 1. The third-order valence-electron chi connectivity index (χ3n) is 3.75. The predicted octanol–water partition coefficient (Wildman–Crippen LogP) is 3.42. The lowest BCUT2D eigenvalue weighted by Crippen LogP contribution is -2.12. The third kappa shape index (κ3) is 1.77. The summed E-state index contributed by atoms with van der Waals surface area (Å²) in [6.45, 7) is 0. The topological polar surface area (TPSA) is 73.7 Å². The average Bonchev–Trinajstić information content (AvgIpc) is 3.02. The van der Waals surface area contributed by atoms with E-state index in [9.17, 15) is 10.0 Å². The lowest BCUT2D eigenvalue weighted by Gasteiger charge is -2.05. The molecule has 0 fully saturated rings. The SMILES string of the molecule is O=C1Nc2cc(Br)ccc2C1=C1Nc2ccccc2/C1=N\O. The fraction of sp³-hybridized carbons (Fsp3) is 0. The first kappa shape index (κ1) is 13.1. The van der Waals surface area contributed by atoms with Crippen molar-refractivity contribution in [2.75, 3.05) is 10.6 Å². The zero-order chi connectivity index (χ0) is 15.3. The van der Waals surface area contributed by atoms with Crippen molar-refractivity contribution < 1.29 is 10.0 Å². The number of benzene rings is 2. The molecule has 22 heavy (non-hydrogen) atoms. The molecule has 4 rings (SSSR count). The minimum absolute atomic E-state index is 0.218. The Labute approximate surface area is 134 Å². The highest BCUT2D eigenvalue weighted by Gasteiger charge is 2.34. The molecule has 108 valence electrons. The second-order valence-electron chi connectivity index (χ2n) is 5.01. The summed E-state index contributed by atoms with van der Waals surface area (Å²) in [5, 5.41) is 18.8. The Morgan fingerprint density at radius 1 is 1.00 bits per heavy atom. The molecule has 3 N–H and O–H groups in total. The second kappa shape index (κ2) is 4.71. The summed E-state index contributed by atoms with van der Waals surface area (Å²) in [6, 6.07) is 13.0. The Morgan fingerprint density at radius 3 is 2.64 bits per heavy atom. The lowest BCUT2D eigenvalue weighted by atomic mass is 10.0. The van der Waals surface area contributed by atoms with Crippen LogP contribution in [0.1, 0.15) is 11.1 Å². The van der Waals surface area contributed by atoms with Gasteiger partial charge in [-0.1, -0.05) is 45.4 Å². The molecule has 6 heteroatoms. The Bertz CT molecular complexity index is 887. The van der Waals surface area contributed by atoms with Gasteiger partial charge in [0, 0.05) is 21.3 Å². The van der Waals surface area contributed by atoms with Gasteiger partial charge in [0.1, 0.15) is 5.71 Å². The number of carbonyl (C=O) groups is 1. The molecule has 0 aromatic heterocycles. The molecule has 2 aromatic rings. The molecule has 0 radical (unpaired) electrons. The van der Waals surface area contributed by atoms with E-state index in [1.165, 1.54) is 0 Å². The standard InChI is InChI=1S/C16H10BrN3O2/c17-8-5-6-9-12(7-8)19-16(21)13(9)15-14(20-22)10-3-1-2-4-11(10)18-15/h1-7,18,22H,(H,19,21)/b15-13?,20-14+. The first-order valence-electron chi connectivity index (χ1n) is 6.63. The number of fused-ring (bicyclic) bond motifs is 2. The molecule has 2 aliphatic heterocycles. The van der Waals surface area contributed by atoms with E-state index in [0.717, 1.165) is 27.0 Å². The highest BCUT2D eigenvalue weighted by Crippen LogP contribution is 2.39. The van der Waals surface area contributed by atoms with Crippen molar-refractivity contribution in [2.45, 2.75) is 0 Å². The largest absolute Gasteiger partial charge is 0.410 e. The zero-order valence-electron chi connectivity index (χ0n) is 11.2. The van der Waals surface area contributed by atoms with Crippen LogP contribution in [0.3, 0.4) is 0 Å². The maximum atomic E-state index is 12.4. The number of carbonyl (C=O) groups excluding carboxylic acids is 1. The summed E-state index contributed by atoms with van der Waals surface area (Å²) in [5.74, 6) is -0.218. The monoisotopic (exact) mass is 355 g/mol. The van der Waals surface area contributed by atoms with Crippen LogP contribution in [0.5, 0.6) is 0 Å². The summed E-state index contributed by atoms with van der Waals surface area (Å²) in [6.07, 6.45) is 0. The van der Waals surface area contributed by atoms with Crippen molar-refractivity contribution in [3.8, 4) is 0 Å². The number of hydrogen-bond donors (Lipinski definition) is 3. The minimum atomic E-state index is -0.218. The molecule has 0 saturated heterocycles. The van der Waals surface area contributed by atoms with Crippen molar-refractivity contribution in [3.05, 3.63) is 63.8 Å².